The summed E-state index contributed by atoms with van der Waals surface area (Å²) in [6.45, 7) is 4.36. The number of nitrogens with two attached hydrogens (primary N) is 1. The van der Waals surface area contributed by atoms with Crippen LogP contribution in [0.3, 0.4) is 0 Å². The number of phenolic OH excluding ortho intramolecular Hbond substituents is 2. The zero-order valence-electron chi connectivity index (χ0n) is 28.8. The molecule has 0 spiro atoms. The van der Waals surface area contributed by atoms with Crippen LogP contribution in [0.1, 0.15) is 63.6 Å². The number of hydrogen-bond acceptors (Lipinski definition) is 10. The molecule has 50 heavy (non-hydrogen) atoms. The predicted molar refractivity (Wildman–Crippen MR) is 181 cm³/mol. The van der Waals surface area contributed by atoms with E-state index >= 15 is 0 Å². The van der Waals surface area contributed by atoms with Crippen molar-refractivity contribution in [1.29, 1.82) is 0 Å². The van der Waals surface area contributed by atoms with Crippen molar-refractivity contribution in [1.82, 2.24) is 20.4 Å². The van der Waals surface area contributed by atoms with Crippen molar-refractivity contribution >= 4 is 41.2 Å². The lowest BCUT2D eigenvalue weighted by molar-refractivity contribution is -0.143. The topological polar surface area (TPSA) is 237 Å². The van der Waals surface area contributed by atoms with Gasteiger partial charge in [0.15, 0.2) is 11.6 Å². The van der Waals surface area contributed by atoms with Crippen molar-refractivity contribution in [3.8, 4) is 22.6 Å². The molecule has 0 saturated heterocycles. The van der Waals surface area contributed by atoms with E-state index in [0.717, 1.165) is 4.90 Å². The van der Waals surface area contributed by atoms with Crippen molar-refractivity contribution in [3.63, 3.8) is 0 Å². The molecule has 15 nitrogen and oxygen atoms in total. The van der Waals surface area contributed by atoms with Gasteiger partial charge in [0.05, 0.1) is 6.04 Å². The van der Waals surface area contributed by atoms with Gasteiger partial charge in [-0.2, -0.15) is 0 Å². The number of amides is 4. The maximum Gasteiger partial charge on any atom is 0.326 e. The van der Waals surface area contributed by atoms with Crippen molar-refractivity contribution in [3.05, 3.63) is 47.5 Å². The molecule has 3 rings (SSSR count). The van der Waals surface area contributed by atoms with Gasteiger partial charge in [-0.1, -0.05) is 26.0 Å². The number of carboxylic acid groups (broad SMARTS) is 1. The Balaban J connectivity index is 1.90. The summed E-state index contributed by atoms with van der Waals surface area (Å²) in [5.41, 5.74) is 6.64. The first kappa shape index (κ1) is 39.1. The second kappa shape index (κ2) is 16.9. The number of nitrogens with one attached hydrogen (secondary N) is 2. The predicted octanol–water partition coefficient (Wildman–Crippen LogP) is 1.03. The summed E-state index contributed by atoms with van der Waals surface area (Å²) >= 11 is 0. The highest BCUT2D eigenvalue weighted by molar-refractivity contribution is 5.96. The van der Waals surface area contributed by atoms with E-state index in [-0.39, 0.29) is 72.7 Å². The zero-order chi connectivity index (χ0) is 37.4. The van der Waals surface area contributed by atoms with Gasteiger partial charge in [-0.15, -0.1) is 0 Å². The van der Waals surface area contributed by atoms with Crippen LogP contribution in [-0.2, 0) is 40.0 Å². The molecule has 1 aliphatic heterocycles. The normalized spacial score (nSPS) is 18.9. The molecule has 5 atom stereocenters. The summed E-state index contributed by atoms with van der Waals surface area (Å²) in [6.07, 6.45) is -1.02. The van der Waals surface area contributed by atoms with E-state index in [1.165, 1.54) is 69.2 Å². The number of aliphatic carboxylic acids is 1. The van der Waals surface area contributed by atoms with E-state index in [0.29, 0.717) is 5.56 Å². The van der Waals surface area contributed by atoms with Crippen LogP contribution in [0.4, 0.5) is 0 Å². The first-order valence-electron chi connectivity index (χ1n) is 16.3. The lowest BCUT2D eigenvalue weighted by Gasteiger charge is -2.30. The fourth-order valence-electron chi connectivity index (χ4n) is 5.77. The average Bonchev–Trinajstić information content (AvgIpc) is 3.07. The Morgan fingerprint density at radius 2 is 1.58 bits per heavy atom. The number of carbonyl (C=O) groups is 7. The maximum absolute atomic E-state index is 13.9. The fraction of sp³-hybridized carbons (Fsp3) is 0.457. The lowest BCUT2D eigenvalue weighted by atomic mass is 9.89. The Morgan fingerprint density at radius 3 is 2.18 bits per heavy atom. The van der Waals surface area contributed by atoms with Crippen LogP contribution >= 0.6 is 0 Å². The summed E-state index contributed by atoms with van der Waals surface area (Å²) in [4.78, 5) is 92.6. The standard InChI is InChI=1S/C35H45N5O10/c1-6-30(45)39(4)25(17-36)34(48)37-19(3)26(41)11-12-31(46)40(5)32-21-8-10-28(43)23(16-21)22-14-20(7-9-27(22)42)15-24(35(49)50)38-33(47)18(2)13-29(32)44/h7-10,14,16,18-19,24-25,32,42-43H,6,11-13,15,17,36H2,1-5H3,(H,37,48)(H,38,47)(H,49,50)/t18-,19-,24+,25-,32+/m1/s1. The minimum absolute atomic E-state index is 0.114. The monoisotopic (exact) mass is 695 g/mol. The van der Waals surface area contributed by atoms with Gasteiger partial charge in [-0.25, -0.2) is 4.79 Å². The largest absolute Gasteiger partial charge is 0.507 e. The second-order valence-corrected chi connectivity index (χ2v) is 12.5. The maximum atomic E-state index is 13.9. The number of phenols is 2. The van der Waals surface area contributed by atoms with Gasteiger partial charge in [-0.05, 0) is 42.3 Å². The molecule has 0 unspecified atom stereocenters. The van der Waals surface area contributed by atoms with Gasteiger partial charge in [0, 0.05) is 69.8 Å². The second-order valence-electron chi connectivity index (χ2n) is 12.5. The molecule has 4 bridgehead atoms. The average molecular weight is 696 g/mol. The van der Waals surface area contributed by atoms with E-state index in [1.54, 1.807) is 6.92 Å². The first-order valence-corrected chi connectivity index (χ1v) is 16.3. The third kappa shape index (κ3) is 9.22. The van der Waals surface area contributed by atoms with Crippen LogP contribution in [0.25, 0.3) is 11.1 Å². The van der Waals surface area contributed by atoms with Gasteiger partial charge < -0.3 is 41.5 Å². The van der Waals surface area contributed by atoms with Crippen molar-refractivity contribution in [2.24, 2.45) is 11.7 Å². The number of fused-ring (bicyclic) bond motifs is 5. The van der Waals surface area contributed by atoms with E-state index in [4.69, 9.17) is 5.73 Å². The Labute approximate surface area is 289 Å². The van der Waals surface area contributed by atoms with Crippen LogP contribution in [0.5, 0.6) is 11.5 Å². The third-order valence-corrected chi connectivity index (χ3v) is 8.90. The minimum atomic E-state index is -1.36. The number of likely N-dealkylation sites (N-methyl/N-ethyl adjacent to an activating group) is 2. The van der Waals surface area contributed by atoms with Crippen LogP contribution in [-0.4, -0.2) is 105 Å². The molecule has 2 aromatic rings. The van der Waals surface area contributed by atoms with Gasteiger partial charge >= 0.3 is 5.97 Å². The number of benzene rings is 2. The molecule has 4 amide bonds. The SMILES string of the molecule is CCC(=O)N(C)[C@H](CN)C(=O)N[C@H](C)C(=O)CCC(=O)N(C)[C@@H]1C(=O)C[C@@H](C)C(=O)N[C@H](C(=O)O)Cc2ccc(O)c(c2)-c2cc1ccc2O. The smallest absolute Gasteiger partial charge is 0.326 e. The third-order valence-electron chi connectivity index (χ3n) is 8.90. The highest BCUT2D eigenvalue weighted by atomic mass is 16.4. The number of carbonyl (C=O) groups excluding carboxylic acids is 6. The Bertz CT molecular complexity index is 1660. The number of ketones is 2. The molecule has 2 aromatic carbocycles. The zero-order valence-corrected chi connectivity index (χ0v) is 28.8. The molecule has 15 heteroatoms. The van der Waals surface area contributed by atoms with Crippen LogP contribution in [0, 0.1) is 5.92 Å². The van der Waals surface area contributed by atoms with Gasteiger partial charge in [0.1, 0.15) is 29.6 Å². The van der Waals surface area contributed by atoms with Crippen molar-refractivity contribution < 1.29 is 48.9 Å². The molecule has 7 N–H and O–H groups in total. The number of nitrogens with zero attached hydrogens (tertiary/aromatic N) is 2. The molecular formula is C35H45N5O10. The quantitative estimate of drug-likeness (QED) is 0.194. The van der Waals surface area contributed by atoms with E-state index < -0.39 is 65.3 Å². The highest BCUT2D eigenvalue weighted by Gasteiger charge is 2.34. The van der Waals surface area contributed by atoms with E-state index in [1.807, 2.05) is 0 Å². The van der Waals surface area contributed by atoms with Crippen molar-refractivity contribution in [2.75, 3.05) is 20.6 Å². The van der Waals surface area contributed by atoms with Gasteiger partial charge in [-0.3, -0.25) is 28.8 Å². The number of carboxylic acids is 1. The van der Waals surface area contributed by atoms with Crippen LogP contribution in [0.15, 0.2) is 36.4 Å². The molecule has 0 aromatic heterocycles. The first-order chi connectivity index (χ1) is 23.5. The molecule has 1 heterocycles. The van der Waals surface area contributed by atoms with Crippen LogP contribution in [0.2, 0.25) is 0 Å². The molecule has 0 saturated carbocycles. The summed E-state index contributed by atoms with van der Waals surface area (Å²) in [7, 11) is 2.79. The Hall–Kier alpha value is -5.31. The summed E-state index contributed by atoms with van der Waals surface area (Å²) in [6, 6.07) is 3.77. The number of rotatable bonds is 11. The minimum Gasteiger partial charge on any atom is -0.507 e. The number of Topliss-reactive ketones (excluding diaryl/α,β-unsaturated/α-hetero) is 2. The molecule has 270 valence electrons. The van der Waals surface area contributed by atoms with Crippen molar-refractivity contribution in [2.45, 2.75) is 77.0 Å². The van der Waals surface area contributed by atoms with Gasteiger partial charge in [0.2, 0.25) is 23.6 Å². The van der Waals surface area contributed by atoms with Gasteiger partial charge in [0.25, 0.3) is 0 Å². The highest BCUT2D eigenvalue weighted by Crippen LogP contribution is 2.39. The van der Waals surface area contributed by atoms with E-state index in [2.05, 4.69) is 10.6 Å². The molecule has 0 fully saturated rings. The summed E-state index contributed by atoms with van der Waals surface area (Å²) < 4.78 is 0. The Kier molecular flexibility index (Phi) is 13.2. The van der Waals surface area contributed by atoms with Crippen LogP contribution < -0.4 is 16.4 Å². The Morgan fingerprint density at radius 1 is 0.960 bits per heavy atom. The summed E-state index contributed by atoms with van der Waals surface area (Å²) in [5, 5.41) is 36.3. The fourth-order valence-corrected chi connectivity index (χ4v) is 5.77. The lowest BCUT2D eigenvalue weighted by Crippen LogP contribution is -2.54. The summed E-state index contributed by atoms with van der Waals surface area (Å²) in [5.74, 6) is -6.10. The molecule has 0 aliphatic carbocycles. The molecule has 1 aliphatic rings. The number of hydrogen-bond donors (Lipinski definition) is 6. The van der Waals surface area contributed by atoms with E-state index in [9.17, 15) is 48.9 Å². The molecule has 0 radical (unpaired) electrons. The molecular weight excluding hydrogens is 650 g/mol. The number of aromatic hydroxyl groups is 2.